The summed E-state index contributed by atoms with van der Waals surface area (Å²) in [5.74, 6) is 0.296. The fraction of sp³-hybridized carbons (Fsp3) is 0.400. The molecule has 2 aromatic rings. The van der Waals surface area contributed by atoms with Gasteiger partial charge in [-0.1, -0.05) is 6.07 Å². The van der Waals surface area contributed by atoms with Crippen molar-refractivity contribution < 1.29 is 18.7 Å². The number of nitrogens with one attached hydrogen (secondary N) is 1. The number of ether oxygens (including phenoxy) is 2. The lowest BCUT2D eigenvalue weighted by molar-refractivity contribution is 0.0409. The van der Waals surface area contributed by atoms with E-state index in [1.54, 1.807) is 24.3 Å². The number of pyridine rings is 1. The normalized spacial score (nSPS) is 18.2. The summed E-state index contributed by atoms with van der Waals surface area (Å²) in [6.45, 7) is 3.71. The largest absolute Gasteiger partial charge is 0.487 e. The molecule has 26 heavy (non-hydrogen) atoms. The molecule has 5 nitrogen and oxygen atoms in total. The van der Waals surface area contributed by atoms with Crippen molar-refractivity contribution in [2.75, 3.05) is 13.2 Å². The Morgan fingerprint density at radius 2 is 2.31 bits per heavy atom. The zero-order valence-corrected chi connectivity index (χ0v) is 14.8. The maximum Gasteiger partial charge on any atom is 0.253 e. The zero-order valence-electron chi connectivity index (χ0n) is 14.8. The van der Waals surface area contributed by atoms with E-state index >= 15 is 0 Å². The summed E-state index contributed by atoms with van der Waals surface area (Å²) in [6.07, 6.45) is 3.63. The van der Waals surface area contributed by atoms with E-state index in [0.29, 0.717) is 29.5 Å². The van der Waals surface area contributed by atoms with Gasteiger partial charge in [0.05, 0.1) is 17.9 Å². The third-order valence-electron chi connectivity index (χ3n) is 4.53. The molecule has 0 saturated carbocycles. The third-order valence-corrected chi connectivity index (χ3v) is 4.53. The number of aromatic nitrogens is 1. The van der Waals surface area contributed by atoms with Crippen LogP contribution < -0.4 is 10.1 Å². The number of rotatable bonds is 6. The summed E-state index contributed by atoms with van der Waals surface area (Å²) in [4.78, 5) is 16.6. The van der Waals surface area contributed by atoms with Crippen LogP contribution in [0, 0.1) is 11.7 Å². The Morgan fingerprint density at radius 3 is 3.00 bits per heavy atom. The van der Waals surface area contributed by atoms with Gasteiger partial charge in [-0.25, -0.2) is 4.39 Å². The van der Waals surface area contributed by atoms with E-state index in [0.717, 1.165) is 19.4 Å². The monoisotopic (exact) mass is 358 g/mol. The molecule has 1 N–H and O–H groups in total. The first kappa shape index (κ1) is 18.3. The van der Waals surface area contributed by atoms with E-state index in [4.69, 9.17) is 9.47 Å². The van der Waals surface area contributed by atoms with Crippen molar-refractivity contribution in [3.8, 4) is 5.75 Å². The predicted molar refractivity (Wildman–Crippen MR) is 95.4 cm³/mol. The molecular formula is C20H23FN2O3. The lowest BCUT2D eigenvalue weighted by Gasteiger charge is -2.28. The maximum absolute atomic E-state index is 13.1. The van der Waals surface area contributed by atoms with Crippen LogP contribution in [0.25, 0.3) is 0 Å². The van der Waals surface area contributed by atoms with Gasteiger partial charge in [0.25, 0.3) is 5.91 Å². The van der Waals surface area contributed by atoms with Crippen LogP contribution in [0.2, 0.25) is 0 Å². The van der Waals surface area contributed by atoms with Crippen molar-refractivity contribution in [3.05, 3.63) is 59.7 Å². The second kappa shape index (κ2) is 8.76. The summed E-state index contributed by atoms with van der Waals surface area (Å²) in [5, 5.41) is 3.02. The number of halogens is 1. The Kier molecular flexibility index (Phi) is 6.17. The van der Waals surface area contributed by atoms with Gasteiger partial charge in [-0.3, -0.25) is 9.78 Å². The van der Waals surface area contributed by atoms with Crippen molar-refractivity contribution in [2.45, 2.75) is 32.4 Å². The van der Waals surface area contributed by atoms with Crippen LogP contribution in [0.4, 0.5) is 4.39 Å². The van der Waals surface area contributed by atoms with Crippen LogP contribution in [-0.2, 0) is 11.3 Å². The van der Waals surface area contributed by atoms with Crippen molar-refractivity contribution in [3.63, 3.8) is 0 Å². The Hall–Kier alpha value is -2.47. The second-order valence-corrected chi connectivity index (χ2v) is 6.52. The average molecular weight is 358 g/mol. The third kappa shape index (κ3) is 5.02. The van der Waals surface area contributed by atoms with Gasteiger partial charge in [0.2, 0.25) is 0 Å². The van der Waals surface area contributed by atoms with Gasteiger partial charge in [0.1, 0.15) is 18.2 Å². The van der Waals surface area contributed by atoms with E-state index in [-0.39, 0.29) is 24.4 Å². The molecule has 1 aromatic carbocycles. The van der Waals surface area contributed by atoms with Gasteiger partial charge in [0.15, 0.2) is 0 Å². The molecule has 3 rings (SSSR count). The fourth-order valence-corrected chi connectivity index (χ4v) is 2.93. The molecule has 2 atom stereocenters. The maximum atomic E-state index is 13.1. The second-order valence-electron chi connectivity index (χ2n) is 6.52. The highest BCUT2D eigenvalue weighted by atomic mass is 19.1. The molecule has 138 valence electrons. The van der Waals surface area contributed by atoms with Crippen LogP contribution in [0.3, 0.4) is 0 Å². The molecule has 0 aliphatic carbocycles. The molecule has 1 aromatic heterocycles. The van der Waals surface area contributed by atoms with E-state index < -0.39 is 0 Å². The SMILES string of the molecule is CC(NC(=O)c1ccc(COc2cccc(F)c2)nc1)C1CCCOC1. The molecule has 0 radical (unpaired) electrons. The Morgan fingerprint density at radius 1 is 1.42 bits per heavy atom. The highest BCUT2D eigenvalue weighted by Crippen LogP contribution is 2.18. The Labute approximate surface area is 152 Å². The molecule has 2 unspecified atom stereocenters. The van der Waals surface area contributed by atoms with Crippen LogP contribution >= 0.6 is 0 Å². The number of amides is 1. The summed E-state index contributed by atoms with van der Waals surface area (Å²) in [6, 6.07) is 9.46. The number of carbonyl (C=O) groups excluding carboxylic acids is 1. The minimum atomic E-state index is -0.347. The number of carbonyl (C=O) groups is 1. The van der Waals surface area contributed by atoms with Gasteiger partial charge in [-0.2, -0.15) is 0 Å². The van der Waals surface area contributed by atoms with Crippen LogP contribution in [0.5, 0.6) is 5.75 Å². The van der Waals surface area contributed by atoms with E-state index in [9.17, 15) is 9.18 Å². The van der Waals surface area contributed by atoms with Crippen LogP contribution in [0.1, 0.15) is 35.8 Å². The summed E-state index contributed by atoms with van der Waals surface area (Å²) in [5.41, 5.74) is 1.17. The average Bonchev–Trinajstić information content (AvgIpc) is 2.67. The number of nitrogens with zero attached hydrogens (tertiary/aromatic N) is 1. The minimum absolute atomic E-state index is 0.0544. The molecule has 0 bridgehead atoms. The standard InChI is InChI=1S/C20H23FN2O3/c1-14(16-4-3-9-25-12-16)23-20(24)15-7-8-18(22-11-15)13-26-19-6-2-5-17(21)10-19/h2,5-8,10-11,14,16H,3-4,9,12-13H2,1H3,(H,23,24). The van der Waals surface area contributed by atoms with Gasteiger partial charge in [-0.05, 0) is 44.0 Å². The van der Waals surface area contributed by atoms with E-state index in [1.165, 1.54) is 18.3 Å². The fourth-order valence-electron chi connectivity index (χ4n) is 2.93. The minimum Gasteiger partial charge on any atom is -0.487 e. The van der Waals surface area contributed by atoms with Gasteiger partial charge >= 0.3 is 0 Å². The molecule has 1 fully saturated rings. The summed E-state index contributed by atoms with van der Waals surface area (Å²) < 4.78 is 24.1. The van der Waals surface area contributed by atoms with Crippen molar-refractivity contribution in [2.24, 2.45) is 5.92 Å². The zero-order chi connectivity index (χ0) is 18.4. The van der Waals surface area contributed by atoms with Gasteiger partial charge in [-0.15, -0.1) is 0 Å². The lowest BCUT2D eigenvalue weighted by atomic mass is 9.95. The molecule has 0 spiro atoms. The smallest absolute Gasteiger partial charge is 0.253 e. The Bertz CT molecular complexity index is 730. The molecule has 1 amide bonds. The number of benzene rings is 1. The topological polar surface area (TPSA) is 60.5 Å². The predicted octanol–water partition coefficient (Wildman–Crippen LogP) is 3.34. The molecular weight excluding hydrogens is 335 g/mol. The van der Waals surface area contributed by atoms with Crippen molar-refractivity contribution in [1.29, 1.82) is 0 Å². The first-order valence-electron chi connectivity index (χ1n) is 8.84. The van der Waals surface area contributed by atoms with Gasteiger partial charge < -0.3 is 14.8 Å². The van der Waals surface area contributed by atoms with Crippen LogP contribution in [0.15, 0.2) is 42.6 Å². The van der Waals surface area contributed by atoms with E-state index in [2.05, 4.69) is 10.3 Å². The molecule has 1 aliphatic rings. The molecule has 6 heteroatoms. The first-order valence-corrected chi connectivity index (χ1v) is 8.84. The first-order chi connectivity index (χ1) is 12.6. The summed E-state index contributed by atoms with van der Waals surface area (Å²) >= 11 is 0. The number of hydrogen-bond donors (Lipinski definition) is 1. The van der Waals surface area contributed by atoms with E-state index in [1.807, 2.05) is 6.92 Å². The van der Waals surface area contributed by atoms with Crippen molar-refractivity contribution in [1.82, 2.24) is 10.3 Å². The number of hydrogen-bond acceptors (Lipinski definition) is 4. The van der Waals surface area contributed by atoms with Crippen LogP contribution in [-0.4, -0.2) is 30.1 Å². The Balaban J connectivity index is 1.52. The molecule has 2 heterocycles. The highest BCUT2D eigenvalue weighted by molar-refractivity contribution is 5.94. The lowest BCUT2D eigenvalue weighted by Crippen LogP contribution is -2.41. The van der Waals surface area contributed by atoms with Gasteiger partial charge in [0, 0.05) is 30.8 Å². The molecule has 1 saturated heterocycles. The summed E-state index contributed by atoms with van der Waals surface area (Å²) in [7, 11) is 0. The molecule has 1 aliphatic heterocycles. The van der Waals surface area contributed by atoms with Crippen molar-refractivity contribution >= 4 is 5.91 Å². The highest BCUT2D eigenvalue weighted by Gasteiger charge is 2.22. The quantitative estimate of drug-likeness (QED) is 0.860.